The molecule has 126 valence electrons. The van der Waals surface area contributed by atoms with Crippen molar-refractivity contribution in [3.8, 4) is 11.5 Å². The molecule has 0 saturated carbocycles. The third kappa shape index (κ3) is 6.58. The van der Waals surface area contributed by atoms with Crippen LogP contribution in [-0.4, -0.2) is 45.8 Å². The van der Waals surface area contributed by atoms with Gasteiger partial charge in [-0.05, 0) is 37.2 Å². The molecule has 6 heteroatoms. The Morgan fingerprint density at radius 2 is 1.91 bits per heavy atom. The highest BCUT2D eigenvalue weighted by atomic mass is 19.3. The molecule has 0 unspecified atom stereocenters. The first-order valence-corrected chi connectivity index (χ1v) is 7.21. The molecule has 0 heterocycles. The summed E-state index contributed by atoms with van der Waals surface area (Å²) in [4.78, 5) is 2.14. The maximum absolute atomic E-state index is 12.4. The van der Waals surface area contributed by atoms with Crippen molar-refractivity contribution in [2.45, 2.75) is 27.0 Å². The molecular weight excluding hydrogens is 290 g/mol. The lowest BCUT2D eigenvalue weighted by Crippen LogP contribution is -2.37. The van der Waals surface area contributed by atoms with Crippen molar-refractivity contribution in [3.05, 3.63) is 23.8 Å². The molecule has 0 saturated heterocycles. The Balaban J connectivity index is 2.62. The highest BCUT2D eigenvalue weighted by Gasteiger charge is 2.18. The van der Waals surface area contributed by atoms with Gasteiger partial charge in [0.1, 0.15) is 0 Å². The van der Waals surface area contributed by atoms with E-state index in [2.05, 4.69) is 28.8 Å². The van der Waals surface area contributed by atoms with Gasteiger partial charge >= 0.3 is 6.61 Å². The van der Waals surface area contributed by atoms with Gasteiger partial charge in [0.2, 0.25) is 0 Å². The number of nitrogens with zero attached hydrogens (tertiary/aromatic N) is 1. The molecule has 4 nitrogen and oxygen atoms in total. The van der Waals surface area contributed by atoms with Gasteiger partial charge in [-0.1, -0.05) is 19.9 Å². The Kier molecular flexibility index (Phi) is 7.03. The largest absolute Gasteiger partial charge is 0.493 e. The van der Waals surface area contributed by atoms with Gasteiger partial charge in [-0.2, -0.15) is 8.78 Å². The van der Waals surface area contributed by atoms with Crippen molar-refractivity contribution in [1.82, 2.24) is 10.2 Å². The van der Waals surface area contributed by atoms with E-state index in [0.717, 1.165) is 18.7 Å². The van der Waals surface area contributed by atoms with E-state index in [9.17, 15) is 8.78 Å². The second-order valence-corrected chi connectivity index (χ2v) is 6.37. The smallest absolute Gasteiger partial charge is 0.387 e. The Morgan fingerprint density at radius 3 is 2.45 bits per heavy atom. The van der Waals surface area contributed by atoms with Gasteiger partial charge in [0, 0.05) is 19.6 Å². The summed E-state index contributed by atoms with van der Waals surface area (Å²) in [5.74, 6) is 0.362. The molecule has 0 aliphatic carbocycles. The van der Waals surface area contributed by atoms with Crippen molar-refractivity contribution >= 4 is 0 Å². The van der Waals surface area contributed by atoms with Crippen LogP contribution in [0.15, 0.2) is 18.2 Å². The topological polar surface area (TPSA) is 33.7 Å². The Bertz CT molecular complexity index is 465. The maximum atomic E-state index is 12.4. The summed E-state index contributed by atoms with van der Waals surface area (Å²) in [5, 5.41) is 3.35. The number of methoxy groups -OCH3 is 1. The van der Waals surface area contributed by atoms with Crippen LogP contribution in [0.2, 0.25) is 0 Å². The van der Waals surface area contributed by atoms with Gasteiger partial charge in [0.15, 0.2) is 11.5 Å². The van der Waals surface area contributed by atoms with Crippen molar-refractivity contribution < 1.29 is 18.3 Å². The molecular formula is C16H26F2N2O2. The maximum Gasteiger partial charge on any atom is 0.387 e. The average Bonchev–Trinajstić information content (AvgIpc) is 2.36. The van der Waals surface area contributed by atoms with Gasteiger partial charge in [-0.25, -0.2) is 0 Å². The SMILES string of the molecule is COc1ccc(CNCC(C)(C)CN(C)C)cc1OC(F)F. The number of alkyl halides is 2. The minimum absolute atomic E-state index is 0.0596. The fraction of sp³-hybridized carbons (Fsp3) is 0.625. The number of nitrogens with one attached hydrogen (secondary N) is 1. The molecule has 1 rings (SSSR count). The summed E-state index contributed by atoms with van der Waals surface area (Å²) in [6, 6.07) is 5.06. The number of ether oxygens (including phenoxy) is 2. The van der Waals surface area contributed by atoms with Crippen LogP contribution >= 0.6 is 0 Å². The molecule has 0 aliphatic rings. The summed E-state index contributed by atoms with van der Waals surface area (Å²) in [7, 11) is 5.51. The molecule has 0 spiro atoms. The minimum atomic E-state index is -2.86. The monoisotopic (exact) mass is 316 g/mol. The quantitative estimate of drug-likeness (QED) is 0.759. The predicted octanol–water partition coefficient (Wildman–Crippen LogP) is 2.97. The zero-order chi connectivity index (χ0) is 16.8. The van der Waals surface area contributed by atoms with E-state index in [0.29, 0.717) is 12.3 Å². The lowest BCUT2D eigenvalue weighted by Gasteiger charge is -2.28. The van der Waals surface area contributed by atoms with Crippen LogP contribution < -0.4 is 14.8 Å². The number of halogens is 2. The third-order valence-corrected chi connectivity index (χ3v) is 3.12. The summed E-state index contributed by atoms with van der Waals surface area (Å²) < 4.78 is 34.3. The lowest BCUT2D eigenvalue weighted by molar-refractivity contribution is -0.0512. The van der Waals surface area contributed by atoms with Crippen molar-refractivity contribution in [2.24, 2.45) is 5.41 Å². The van der Waals surface area contributed by atoms with Gasteiger partial charge in [-0.15, -0.1) is 0 Å². The molecule has 1 aromatic carbocycles. The molecule has 0 amide bonds. The van der Waals surface area contributed by atoms with Crippen molar-refractivity contribution in [2.75, 3.05) is 34.3 Å². The van der Waals surface area contributed by atoms with Crippen LogP contribution in [0.3, 0.4) is 0 Å². The van der Waals surface area contributed by atoms with E-state index >= 15 is 0 Å². The van der Waals surface area contributed by atoms with E-state index in [1.165, 1.54) is 7.11 Å². The van der Waals surface area contributed by atoms with Crippen LogP contribution in [0.4, 0.5) is 8.78 Å². The minimum Gasteiger partial charge on any atom is -0.493 e. The van der Waals surface area contributed by atoms with Crippen LogP contribution in [0, 0.1) is 5.41 Å². The van der Waals surface area contributed by atoms with Crippen molar-refractivity contribution in [3.63, 3.8) is 0 Å². The molecule has 1 N–H and O–H groups in total. The molecule has 1 aromatic rings. The Morgan fingerprint density at radius 1 is 1.23 bits per heavy atom. The Hall–Kier alpha value is -1.40. The van der Waals surface area contributed by atoms with Crippen LogP contribution in [0.5, 0.6) is 11.5 Å². The molecule has 22 heavy (non-hydrogen) atoms. The number of rotatable bonds is 9. The van der Waals surface area contributed by atoms with Gasteiger partial charge < -0.3 is 19.7 Å². The van der Waals surface area contributed by atoms with E-state index in [1.54, 1.807) is 12.1 Å². The zero-order valence-corrected chi connectivity index (χ0v) is 14.0. The van der Waals surface area contributed by atoms with Crippen LogP contribution in [0.25, 0.3) is 0 Å². The summed E-state index contributed by atoms with van der Waals surface area (Å²) in [6.07, 6.45) is 0. The Labute approximate surface area is 131 Å². The first-order chi connectivity index (χ1) is 10.2. The van der Waals surface area contributed by atoms with E-state index < -0.39 is 6.61 Å². The average molecular weight is 316 g/mol. The second kappa shape index (κ2) is 8.29. The normalized spacial score (nSPS) is 12.0. The van der Waals surface area contributed by atoms with Gasteiger partial charge in [0.05, 0.1) is 7.11 Å². The second-order valence-electron chi connectivity index (χ2n) is 6.37. The number of hydrogen-bond donors (Lipinski definition) is 1. The highest BCUT2D eigenvalue weighted by molar-refractivity contribution is 5.42. The summed E-state index contributed by atoms with van der Waals surface area (Å²) in [5.41, 5.74) is 0.996. The fourth-order valence-electron chi connectivity index (χ4n) is 2.48. The molecule has 0 radical (unpaired) electrons. The number of benzene rings is 1. The van der Waals surface area contributed by atoms with Crippen LogP contribution in [-0.2, 0) is 6.54 Å². The predicted molar refractivity (Wildman–Crippen MR) is 83.7 cm³/mol. The molecule has 0 bridgehead atoms. The lowest BCUT2D eigenvalue weighted by atomic mass is 9.93. The van der Waals surface area contributed by atoms with Crippen molar-refractivity contribution in [1.29, 1.82) is 0 Å². The molecule has 0 aliphatic heterocycles. The fourth-order valence-corrected chi connectivity index (χ4v) is 2.48. The first-order valence-electron chi connectivity index (χ1n) is 7.21. The van der Waals surface area contributed by atoms with E-state index in [4.69, 9.17) is 4.74 Å². The molecule has 0 atom stereocenters. The molecule has 0 aromatic heterocycles. The number of hydrogen-bond acceptors (Lipinski definition) is 4. The molecule has 0 fully saturated rings. The van der Waals surface area contributed by atoms with E-state index in [1.807, 2.05) is 20.2 Å². The highest BCUT2D eigenvalue weighted by Crippen LogP contribution is 2.29. The summed E-state index contributed by atoms with van der Waals surface area (Å²) in [6.45, 7) is 3.86. The zero-order valence-electron chi connectivity index (χ0n) is 14.0. The van der Waals surface area contributed by atoms with Crippen LogP contribution in [0.1, 0.15) is 19.4 Å². The summed E-state index contributed by atoms with van der Waals surface area (Å²) >= 11 is 0. The van der Waals surface area contributed by atoms with E-state index in [-0.39, 0.29) is 11.2 Å². The standard InChI is InChI=1S/C16H26F2N2O2/c1-16(2,11-20(3)4)10-19-9-12-6-7-13(21-5)14(8-12)22-15(17)18/h6-8,15,19H,9-11H2,1-5H3. The third-order valence-electron chi connectivity index (χ3n) is 3.12. The first kappa shape index (κ1) is 18.6. The van der Waals surface area contributed by atoms with Gasteiger partial charge in [0.25, 0.3) is 0 Å². The van der Waals surface area contributed by atoms with Gasteiger partial charge in [-0.3, -0.25) is 0 Å².